The number of sulfonamides is 1. The molecule has 19 heavy (non-hydrogen) atoms. The van der Waals surface area contributed by atoms with E-state index in [0.29, 0.717) is 5.69 Å². The van der Waals surface area contributed by atoms with Crippen LogP contribution in [-0.4, -0.2) is 25.8 Å². The van der Waals surface area contributed by atoms with E-state index in [2.05, 4.69) is 0 Å². The van der Waals surface area contributed by atoms with Crippen molar-refractivity contribution < 1.29 is 8.42 Å². The van der Waals surface area contributed by atoms with Crippen molar-refractivity contribution in [2.45, 2.75) is 51.0 Å². The Morgan fingerprint density at radius 2 is 1.95 bits per heavy atom. The molecule has 0 aliphatic carbocycles. The van der Waals surface area contributed by atoms with Crippen LogP contribution in [-0.2, 0) is 16.4 Å². The first-order chi connectivity index (χ1) is 8.84. The van der Waals surface area contributed by atoms with Crippen molar-refractivity contribution in [1.29, 1.82) is 0 Å². The lowest BCUT2D eigenvalue weighted by molar-refractivity contribution is 0.369. The molecule has 2 N–H and O–H groups in total. The number of hydrogen-bond acceptors (Lipinski definition) is 3. The monoisotopic (exact) mass is 284 g/mol. The Morgan fingerprint density at radius 1 is 1.32 bits per heavy atom. The molecule has 0 spiro atoms. The van der Waals surface area contributed by atoms with E-state index in [1.165, 1.54) is 4.31 Å². The second-order valence-electron chi connectivity index (χ2n) is 4.87. The molecule has 0 bridgehead atoms. The fourth-order valence-corrected chi connectivity index (χ4v) is 3.49. The van der Waals surface area contributed by atoms with Crippen LogP contribution in [0, 0.1) is 0 Å². The van der Waals surface area contributed by atoms with E-state index in [1.807, 2.05) is 20.8 Å². The fraction of sp³-hybridized carbons (Fsp3) is 0.571. The number of aryl methyl sites for hydroxylation is 1. The molecule has 1 rings (SSSR count). The summed E-state index contributed by atoms with van der Waals surface area (Å²) in [7, 11) is -1.83. The lowest BCUT2D eigenvalue weighted by atomic mass is 10.1. The Balaban J connectivity index is 3.10. The van der Waals surface area contributed by atoms with E-state index >= 15 is 0 Å². The third kappa shape index (κ3) is 3.48. The standard InChI is InChI=1S/C14H24N2O2S/c1-5-7-11(3)16(4)19(17,18)13-9-8-12(6-2)14(15)10-13/h8-11H,5-7,15H2,1-4H3. The third-order valence-corrected chi connectivity index (χ3v) is 5.47. The summed E-state index contributed by atoms with van der Waals surface area (Å²) in [5.74, 6) is 0. The maximum absolute atomic E-state index is 12.5. The first-order valence-corrected chi connectivity index (χ1v) is 8.15. The molecule has 1 unspecified atom stereocenters. The summed E-state index contributed by atoms with van der Waals surface area (Å²) in [5.41, 5.74) is 7.40. The fourth-order valence-electron chi connectivity index (χ4n) is 2.06. The van der Waals surface area contributed by atoms with E-state index < -0.39 is 10.0 Å². The molecule has 108 valence electrons. The summed E-state index contributed by atoms with van der Waals surface area (Å²) < 4.78 is 26.4. The van der Waals surface area contributed by atoms with Gasteiger partial charge >= 0.3 is 0 Å². The molecule has 0 saturated heterocycles. The molecule has 0 saturated carbocycles. The van der Waals surface area contributed by atoms with Crippen molar-refractivity contribution in [3.8, 4) is 0 Å². The van der Waals surface area contributed by atoms with Crippen LogP contribution in [0.15, 0.2) is 23.1 Å². The van der Waals surface area contributed by atoms with Gasteiger partial charge in [0.25, 0.3) is 0 Å². The Bertz CT molecular complexity index is 526. The van der Waals surface area contributed by atoms with E-state index in [9.17, 15) is 8.42 Å². The average Bonchev–Trinajstić information content (AvgIpc) is 2.37. The number of nitrogen functional groups attached to an aromatic ring is 1. The third-order valence-electron chi connectivity index (χ3n) is 3.50. The Labute approximate surface area is 116 Å². The lowest BCUT2D eigenvalue weighted by Crippen LogP contribution is -2.35. The van der Waals surface area contributed by atoms with Gasteiger partial charge in [0.05, 0.1) is 4.90 Å². The van der Waals surface area contributed by atoms with Crippen LogP contribution in [0.3, 0.4) is 0 Å². The minimum Gasteiger partial charge on any atom is -0.398 e. The number of anilines is 1. The highest BCUT2D eigenvalue weighted by atomic mass is 32.2. The number of nitrogens with two attached hydrogens (primary N) is 1. The number of rotatable bonds is 6. The second-order valence-corrected chi connectivity index (χ2v) is 6.87. The normalized spacial score (nSPS) is 13.7. The number of hydrogen-bond donors (Lipinski definition) is 1. The van der Waals surface area contributed by atoms with Crippen LogP contribution < -0.4 is 5.73 Å². The van der Waals surface area contributed by atoms with Crippen molar-refractivity contribution >= 4 is 15.7 Å². The van der Waals surface area contributed by atoms with Crippen LogP contribution >= 0.6 is 0 Å². The molecule has 1 atom stereocenters. The van der Waals surface area contributed by atoms with Crippen molar-refractivity contribution in [1.82, 2.24) is 4.31 Å². The lowest BCUT2D eigenvalue weighted by Gasteiger charge is -2.24. The summed E-state index contributed by atoms with van der Waals surface area (Å²) in [6.45, 7) is 5.96. The largest absolute Gasteiger partial charge is 0.398 e. The van der Waals surface area contributed by atoms with Gasteiger partial charge in [0, 0.05) is 18.8 Å². The van der Waals surface area contributed by atoms with Gasteiger partial charge in [0.15, 0.2) is 0 Å². The van der Waals surface area contributed by atoms with E-state index in [4.69, 9.17) is 5.73 Å². The molecule has 0 aromatic heterocycles. The van der Waals surface area contributed by atoms with E-state index in [0.717, 1.165) is 24.8 Å². The van der Waals surface area contributed by atoms with Crippen molar-refractivity contribution in [2.75, 3.05) is 12.8 Å². The zero-order valence-corrected chi connectivity index (χ0v) is 13.0. The van der Waals surface area contributed by atoms with E-state index in [-0.39, 0.29) is 10.9 Å². The summed E-state index contributed by atoms with van der Waals surface area (Å²) in [5, 5.41) is 0. The summed E-state index contributed by atoms with van der Waals surface area (Å²) in [6, 6.07) is 4.98. The maximum atomic E-state index is 12.5. The highest BCUT2D eigenvalue weighted by molar-refractivity contribution is 7.89. The molecule has 1 aromatic carbocycles. The van der Waals surface area contributed by atoms with Gasteiger partial charge < -0.3 is 5.73 Å². The molecule has 0 radical (unpaired) electrons. The van der Waals surface area contributed by atoms with Gasteiger partial charge in [-0.15, -0.1) is 0 Å². The summed E-state index contributed by atoms with van der Waals surface area (Å²) >= 11 is 0. The Morgan fingerprint density at radius 3 is 2.42 bits per heavy atom. The number of benzene rings is 1. The van der Waals surface area contributed by atoms with Crippen LogP contribution in [0.5, 0.6) is 0 Å². The highest BCUT2D eigenvalue weighted by Gasteiger charge is 2.25. The zero-order chi connectivity index (χ0) is 14.6. The van der Waals surface area contributed by atoms with Crippen LogP contribution in [0.2, 0.25) is 0 Å². The SMILES string of the molecule is CCCC(C)N(C)S(=O)(=O)c1ccc(CC)c(N)c1. The van der Waals surface area contributed by atoms with Crippen molar-refractivity contribution in [3.05, 3.63) is 23.8 Å². The molecule has 0 fully saturated rings. The molecule has 0 amide bonds. The molecule has 1 aromatic rings. The van der Waals surface area contributed by atoms with Gasteiger partial charge in [-0.2, -0.15) is 4.31 Å². The van der Waals surface area contributed by atoms with Gasteiger partial charge in [-0.25, -0.2) is 8.42 Å². The first kappa shape index (κ1) is 16.0. The summed E-state index contributed by atoms with van der Waals surface area (Å²) in [6.07, 6.45) is 2.60. The van der Waals surface area contributed by atoms with Crippen LogP contribution in [0.1, 0.15) is 39.2 Å². The molecule has 0 aliphatic rings. The summed E-state index contributed by atoms with van der Waals surface area (Å²) in [4.78, 5) is 0.271. The van der Waals surface area contributed by atoms with Gasteiger partial charge in [0.1, 0.15) is 0 Å². The van der Waals surface area contributed by atoms with Gasteiger partial charge in [-0.05, 0) is 37.5 Å². The predicted octanol–water partition coefficient (Wildman–Crippen LogP) is 2.64. The van der Waals surface area contributed by atoms with Crippen LogP contribution in [0.4, 0.5) is 5.69 Å². The van der Waals surface area contributed by atoms with Crippen molar-refractivity contribution in [2.24, 2.45) is 0 Å². The average molecular weight is 284 g/mol. The van der Waals surface area contributed by atoms with Crippen molar-refractivity contribution in [3.63, 3.8) is 0 Å². The van der Waals surface area contributed by atoms with Crippen LogP contribution in [0.25, 0.3) is 0 Å². The Hall–Kier alpha value is -1.07. The molecular formula is C14H24N2O2S. The molecule has 5 heteroatoms. The molecule has 0 aliphatic heterocycles. The number of nitrogens with zero attached hydrogens (tertiary/aromatic N) is 1. The second kappa shape index (κ2) is 6.39. The first-order valence-electron chi connectivity index (χ1n) is 6.71. The van der Waals surface area contributed by atoms with Gasteiger partial charge in [0.2, 0.25) is 10.0 Å². The zero-order valence-electron chi connectivity index (χ0n) is 12.2. The topological polar surface area (TPSA) is 63.4 Å². The quantitative estimate of drug-likeness (QED) is 0.817. The van der Waals surface area contributed by atoms with Gasteiger partial charge in [-0.3, -0.25) is 0 Å². The molecule has 0 heterocycles. The highest BCUT2D eigenvalue weighted by Crippen LogP contribution is 2.23. The maximum Gasteiger partial charge on any atom is 0.243 e. The molecule has 4 nitrogen and oxygen atoms in total. The predicted molar refractivity (Wildman–Crippen MR) is 79.6 cm³/mol. The minimum absolute atomic E-state index is 0.0120. The minimum atomic E-state index is -3.45. The smallest absolute Gasteiger partial charge is 0.243 e. The van der Waals surface area contributed by atoms with Gasteiger partial charge in [-0.1, -0.05) is 26.3 Å². The molecular weight excluding hydrogens is 260 g/mol. The van der Waals surface area contributed by atoms with E-state index in [1.54, 1.807) is 25.2 Å². The Kier molecular flexibility index (Phi) is 5.38.